The van der Waals surface area contributed by atoms with Gasteiger partial charge in [0, 0.05) is 5.57 Å². The maximum atomic E-state index is 6.34. The van der Waals surface area contributed by atoms with Gasteiger partial charge in [0.1, 0.15) is 0 Å². The molecule has 0 heterocycles. The molecule has 2 aromatic rings. The van der Waals surface area contributed by atoms with Crippen LogP contribution in [0.25, 0.3) is 5.57 Å². The first kappa shape index (κ1) is 14.7. The van der Waals surface area contributed by atoms with E-state index in [1.165, 1.54) is 0 Å². The highest BCUT2D eigenvalue weighted by Gasteiger charge is 2.04. The van der Waals surface area contributed by atoms with E-state index in [-0.39, 0.29) is 0 Å². The topological polar surface area (TPSA) is 0 Å². The average Bonchev–Trinajstić information content (AvgIpc) is 2.52. The number of halogens is 1. The molecule has 1 heteroatoms. The van der Waals surface area contributed by atoms with Gasteiger partial charge in [-0.2, -0.15) is 0 Å². The summed E-state index contributed by atoms with van der Waals surface area (Å²) < 4.78 is 0. The lowest BCUT2D eigenvalue weighted by atomic mass is 9.98. The molecule has 0 nitrogen and oxygen atoms in total. The second-order valence-electron chi connectivity index (χ2n) is 4.74. The first-order valence-electron chi connectivity index (χ1n) is 7.07. The van der Waals surface area contributed by atoms with Gasteiger partial charge >= 0.3 is 0 Å². The van der Waals surface area contributed by atoms with Crippen molar-refractivity contribution in [3.05, 3.63) is 82.6 Å². The summed E-state index contributed by atoms with van der Waals surface area (Å²) in [6.07, 6.45) is 3.13. The summed E-state index contributed by atoms with van der Waals surface area (Å²) in [5.41, 5.74) is 6.74. The lowest BCUT2D eigenvalue weighted by Crippen LogP contribution is -1.86. The monoisotopic (exact) mass is 282 g/mol. The van der Waals surface area contributed by atoms with Gasteiger partial charge in [0.05, 0.1) is 5.03 Å². The Balaban J connectivity index is 2.48. The van der Waals surface area contributed by atoms with Crippen molar-refractivity contribution in [2.24, 2.45) is 0 Å². The molecule has 0 aliphatic rings. The fraction of sp³-hybridized carbons (Fsp3) is 0.211. The summed E-state index contributed by atoms with van der Waals surface area (Å²) in [6.45, 7) is 2.17. The normalized spacial score (nSPS) is 9.90. The molecule has 2 rings (SSSR count). The van der Waals surface area contributed by atoms with Gasteiger partial charge in [-0.3, -0.25) is 0 Å². The highest BCUT2D eigenvalue weighted by atomic mass is 35.5. The SMILES string of the molecule is CCCCC(Cl)=C=C(c1ccccc1)c1ccccc1. The van der Waals surface area contributed by atoms with E-state index < -0.39 is 0 Å². The Hall–Kier alpha value is -1.75. The number of rotatable bonds is 5. The maximum Gasteiger partial charge on any atom is 0.0604 e. The summed E-state index contributed by atoms with van der Waals surface area (Å²) in [5.74, 6) is 0. The van der Waals surface area contributed by atoms with Crippen molar-refractivity contribution in [2.75, 3.05) is 0 Å². The summed E-state index contributed by atoms with van der Waals surface area (Å²) in [5, 5.41) is 0.801. The van der Waals surface area contributed by atoms with Crippen LogP contribution >= 0.6 is 11.6 Å². The first-order chi connectivity index (χ1) is 9.81. The molecule has 0 saturated carbocycles. The zero-order valence-corrected chi connectivity index (χ0v) is 12.5. The van der Waals surface area contributed by atoms with Gasteiger partial charge in [-0.1, -0.05) is 91.3 Å². The molecule has 0 atom stereocenters. The molecule has 2 aromatic carbocycles. The van der Waals surface area contributed by atoms with Crippen LogP contribution in [0, 0.1) is 0 Å². The van der Waals surface area contributed by atoms with Gasteiger partial charge in [-0.05, 0) is 24.0 Å². The van der Waals surface area contributed by atoms with E-state index in [4.69, 9.17) is 11.6 Å². The maximum absolute atomic E-state index is 6.34. The molecule has 0 saturated heterocycles. The second kappa shape index (κ2) is 7.75. The van der Waals surface area contributed by atoms with Crippen LogP contribution in [0.2, 0.25) is 0 Å². The molecule has 0 fully saturated rings. The summed E-state index contributed by atoms with van der Waals surface area (Å²) in [4.78, 5) is 0. The van der Waals surface area contributed by atoms with E-state index in [1.807, 2.05) is 36.4 Å². The van der Waals surface area contributed by atoms with Gasteiger partial charge in [-0.25, -0.2) is 0 Å². The van der Waals surface area contributed by atoms with Crippen molar-refractivity contribution in [3.63, 3.8) is 0 Å². The lowest BCUT2D eigenvalue weighted by Gasteiger charge is -2.06. The van der Waals surface area contributed by atoms with Crippen LogP contribution in [0.1, 0.15) is 37.3 Å². The zero-order chi connectivity index (χ0) is 14.2. The molecule has 0 aliphatic carbocycles. The number of allylic oxidation sites excluding steroid dienone is 1. The van der Waals surface area contributed by atoms with E-state index in [0.717, 1.165) is 41.0 Å². The molecule has 102 valence electrons. The number of unbranched alkanes of at least 4 members (excludes halogenated alkanes) is 1. The van der Waals surface area contributed by atoms with Crippen LogP contribution in [0.15, 0.2) is 71.4 Å². The minimum absolute atomic E-state index is 0.801. The van der Waals surface area contributed by atoms with Crippen molar-refractivity contribution < 1.29 is 0 Å². The van der Waals surface area contributed by atoms with E-state index in [0.29, 0.717) is 0 Å². The van der Waals surface area contributed by atoms with Crippen LogP contribution in [0.3, 0.4) is 0 Å². The molecule has 0 aromatic heterocycles. The largest absolute Gasteiger partial charge is 0.0958 e. The zero-order valence-electron chi connectivity index (χ0n) is 11.8. The molecule has 0 aliphatic heterocycles. The van der Waals surface area contributed by atoms with Crippen LogP contribution in [0.4, 0.5) is 0 Å². The van der Waals surface area contributed by atoms with Gasteiger partial charge in [-0.15, -0.1) is 0 Å². The second-order valence-corrected chi connectivity index (χ2v) is 5.20. The third kappa shape index (κ3) is 4.13. The number of hydrogen-bond acceptors (Lipinski definition) is 0. The number of hydrogen-bond donors (Lipinski definition) is 0. The standard InChI is InChI=1S/C19H19Cl/c1-2-3-14-18(20)15-19(16-10-6-4-7-11-16)17-12-8-5-9-13-17/h4-13H,2-3,14H2,1H3. The fourth-order valence-electron chi connectivity index (χ4n) is 2.05. The summed E-state index contributed by atoms with van der Waals surface area (Å²) in [6, 6.07) is 20.6. The highest BCUT2D eigenvalue weighted by molar-refractivity contribution is 6.29. The summed E-state index contributed by atoms with van der Waals surface area (Å²) >= 11 is 6.34. The molecule has 0 bridgehead atoms. The van der Waals surface area contributed by atoms with E-state index in [1.54, 1.807) is 0 Å². The predicted molar refractivity (Wildman–Crippen MR) is 87.8 cm³/mol. The Morgan fingerprint density at radius 3 is 1.85 bits per heavy atom. The van der Waals surface area contributed by atoms with Crippen LogP contribution in [-0.4, -0.2) is 0 Å². The van der Waals surface area contributed by atoms with Crippen molar-refractivity contribution in [2.45, 2.75) is 26.2 Å². The minimum atomic E-state index is 0.801. The molecule has 0 N–H and O–H groups in total. The fourth-order valence-corrected chi connectivity index (χ4v) is 2.28. The van der Waals surface area contributed by atoms with Crippen LogP contribution in [-0.2, 0) is 0 Å². The molecule has 20 heavy (non-hydrogen) atoms. The third-order valence-electron chi connectivity index (χ3n) is 3.14. The lowest BCUT2D eigenvalue weighted by molar-refractivity contribution is 0.808. The van der Waals surface area contributed by atoms with Crippen LogP contribution < -0.4 is 0 Å². The third-order valence-corrected chi connectivity index (χ3v) is 3.42. The van der Waals surface area contributed by atoms with Gasteiger partial charge in [0.25, 0.3) is 0 Å². The van der Waals surface area contributed by atoms with Gasteiger partial charge in [0.2, 0.25) is 0 Å². The van der Waals surface area contributed by atoms with Crippen molar-refractivity contribution in [3.8, 4) is 0 Å². The van der Waals surface area contributed by atoms with E-state index in [9.17, 15) is 0 Å². The Morgan fingerprint density at radius 1 is 0.900 bits per heavy atom. The molecular formula is C19H19Cl. The predicted octanol–water partition coefficient (Wildman–Crippen LogP) is 6.03. The van der Waals surface area contributed by atoms with Gasteiger partial charge in [0.15, 0.2) is 0 Å². The first-order valence-corrected chi connectivity index (χ1v) is 7.45. The minimum Gasteiger partial charge on any atom is -0.0958 e. The van der Waals surface area contributed by atoms with Crippen molar-refractivity contribution >= 4 is 17.2 Å². The average molecular weight is 283 g/mol. The smallest absolute Gasteiger partial charge is 0.0604 e. The molecule has 0 radical (unpaired) electrons. The van der Waals surface area contributed by atoms with Gasteiger partial charge < -0.3 is 0 Å². The Labute approximate surface area is 126 Å². The van der Waals surface area contributed by atoms with E-state index >= 15 is 0 Å². The molecule has 0 unspecified atom stereocenters. The Morgan fingerprint density at radius 2 is 1.40 bits per heavy atom. The quantitative estimate of drug-likeness (QED) is 0.587. The Bertz CT molecular complexity index is 549. The highest BCUT2D eigenvalue weighted by Crippen LogP contribution is 2.24. The van der Waals surface area contributed by atoms with Crippen molar-refractivity contribution in [1.82, 2.24) is 0 Å². The Kier molecular flexibility index (Phi) is 5.68. The molecule has 0 spiro atoms. The molecular weight excluding hydrogens is 264 g/mol. The number of benzene rings is 2. The summed E-state index contributed by atoms with van der Waals surface area (Å²) in [7, 11) is 0. The van der Waals surface area contributed by atoms with E-state index in [2.05, 4.69) is 36.9 Å². The molecule has 0 amide bonds. The van der Waals surface area contributed by atoms with Crippen LogP contribution in [0.5, 0.6) is 0 Å². The van der Waals surface area contributed by atoms with Crippen molar-refractivity contribution in [1.29, 1.82) is 0 Å².